The van der Waals surface area contributed by atoms with Gasteiger partial charge in [0.1, 0.15) is 0 Å². The zero-order valence-electron chi connectivity index (χ0n) is 8.40. The van der Waals surface area contributed by atoms with Gasteiger partial charge in [0.2, 0.25) is 0 Å². The fraction of sp³-hybridized carbons (Fsp3) is 0.600. The first-order valence-corrected chi connectivity index (χ1v) is 5.94. The van der Waals surface area contributed by atoms with E-state index in [-0.39, 0.29) is 0 Å². The minimum absolute atomic E-state index is 0.326. The number of nitrogens with zero attached hydrogens (tertiary/aromatic N) is 1. The van der Waals surface area contributed by atoms with Crippen LogP contribution >= 0.6 is 11.3 Å². The molecule has 1 heterocycles. The fourth-order valence-electron chi connectivity index (χ4n) is 2.05. The van der Waals surface area contributed by atoms with E-state index in [1.807, 2.05) is 0 Å². The Balaban J connectivity index is 2.07. The van der Waals surface area contributed by atoms with Gasteiger partial charge in [0.25, 0.3) is 5.91 Å². The van der Waals surface area contributed by atoms with E-state index in [0.717, 1.165) is 31.4 Å². The largest absolute Gasteiger partial charge is 0.389 e. The molecule has 5 heteroatoms. The zero-order valence-corrected chi connectivity index (χ0v) is 9.22. The van der Waals surface area contributed by atoms with Crippen LogP contribution in [0.5, 0.6) is 0 Å². The summed E-state index contributed by atoms with van der Waals surface area (Å²) in [6.07, 6.45) is 4.34. The molecule has 1 aromatic heterocycles. The molecule has 0 radical (unpaired) electrons. The SMILES string of the molecule is NC(=O)c1nc(CC2(O)CCCC2)cs1. The summed E-state index contributed by atoms with van der Waals surface area (Å²) in [4.78, 5) is 14.9. The number of aliphatic hydroxyl groups is 1. The van der Waals surface area contributed by atoms with Crippen molar-refractivity contribution in [2.75, 3.05) is 0 Å². The van der Waals surface area contributed by atoms with E-state index in [0.29, 0.717) is 11.4 Å². The lowest BCUT2D eigenvalue weighted by atomic mass is 9.97. The van der Waals surface area contributed by atoms with Crippen molar-refractivity contribution in [2.24, 2.45) is 5.73 Å². The van der Waals surface area contributed by atoms with Gasteiger partial charge in [-0.15, -0.1) is 11.3 Å². The van der Waals surface area contributed by atoms with Crippen LogP contribution < -0.4 is 5.73 Å². The lowest BCUT2D eigenvalue weighted by Gasteiger charge is -2.20. The maximum Gasteiger partial charge on any atom is 0.277 e. The monoisotopic (exact) mass is 226 g/mol. The highest BCUT2D eigenvalue weighted by Crippen LogP contribution is 2.32. The summed E-state index contributed by atoms with van der Waals surface area (Å²) in [5.74, 6) is -0.496. The number of amides is 1. The molecule has 0 unspecified atom stereocenters. The summed E-state index contributed by atoms with van der Waals surface area (Å²) in [5.41, 5.74) is 5.28. The van der Waals surface area contributed by atoms with E-state index in [2.05, 4.69) is 4.98 Å². The number of carbonyl (C=O) groups excluding carboxylic acids is 1. The molecule has 0 bridgehead atoms. The first-order valence-electron chi connectivity index (χ1n) is 5.06. The van der Waals surface area contributed by atoms with Crippen molar-refractivity contribution in [3.8, 4) is 0 Å². The molecule has 0 aliphatic heterocycles. The maximum absolute atomic E-state index is 10.8. The van der Waals surface area contributed by atoms with Crippen molar-refractivity contribution < 1.29 is 9.90 Å². The summed E-state index contributed by atoms with van der Waals surface area (Å²) >= 11 is 1.24. The molecule has 1 amide bonds. The van der Waals surface area contributed by atoms with Crippen LogP contribution in [-0.2, 0) is 6.42 Å². The van der Waals surface area contributed by atoms with E-state index in [4.69, 9.17) is 5.73 Å². The fourth-order valence-corrected chi connectivity index (χ4v) is 2.72. The highest BCUT2D eigenvalue weighted by atomic mass is 32.1. The van der Waals surface area contributed by atoms with Gasteiger partial charge in [-0.2, -0.15) is 0 Å². The third-order valence-electron chi connectivity index (χ3n) is 2.81. The van der Waals surface area contributed by atoms with Crippen LogP contribution in [0.3, 0.4) is 0 Å². The van der Waals surface area contributed by atoms with E-state index < -0.39 is 11.5 Å². The second-order valence-electron chi connectivity index (χ2n) is 4.12. The van der Waals surface area contributed by atoms with Crippen LogP contribution in [0.1, 0.15) is 41.2 Å². The van der Waals surface area contributed by atoms with Gasteiger partial charge in [-0.3, -0.25) is 4.79 Å². The summed E-state index contributed by atoms with van der Waals surface area (Å²) in [6, 6.07) is 0. The molecule has 2 rings (SSSR count). The highest BCUT2D eigenvalue weighted by molar-refractivity contribution is 7.11. The molecule has 1 aliphatic carbocycles. The third kappa shape index (κ3) is 2.35. The van der Waals surface area contributed by atoms with E-state index in [9.17, 15) is 9.90 Å². The third-order valence-corrected chi connectivity index (χ3v) is 3.71. The van der Waals surface area contributed by atoms with Crippen LogP contribution in [-0.4, -0.2) is 21.6 Å². The van der Waals surface area contributed by atoms with Gasteiger partial charge in [0.15, 0.2) is 5.01 Å². The number of nitrogens with two attached hydrogens (primary N) is 1. The number of aromatic nitrogens is 1. The van der Waals surface area contributed by atoms with Crippen LogP contribution in [0.4, 0.5) is 0 Å². The number of thiazole rings is 1. The summed E-state index contributed by atoms with van der Waals surface area (Å²) < 4.78 is 0. The van der Waals surface area contributed by atoms with E-state index in [1.54, 1.807) is 5.38 Å². The Bertz CT molecular complexity index is 369. The van der Waals surface area contributed by atoms with Crippen molar-refractivity contribution in [1.29, 1.82) is 0 Å². The molecule has 0 aromatic carbocycles. The van der Waals surface area contributed by atoms with Crippen LogP contribution in [0.15, 0.2) is 5.38 Å². The maximum atomic E-state index is 10.8. The summed E-state index contributed by atoms with van der Waals surface area (Å²) in [7, 11) is 0. The molecule has 82 valence electrons. The van der Waals surface area contributed by atoms with Crippen molar-refractivity contribution in [3.63, 3.8) is 0 Å². The van der Waals surface area contributed by atoms with Crippen molar-refractivity contribution >= 4 is 17.2 Å². The van der Waals surface area contributed by atoms with Crippen molar-refractivity contribution in [3.05, 3.63) is 16.1 Å². The predicted molar refractivity (Wildman–Crippen MR) is 57.8 cm³/mol. The smallest absolute Gasteiger partial charge is 0.277 e. The standard InChI is InChI=1S/C10H14N2O2S/c11-8(13)9-12-7(6-15-9)5-10(14)3-1-2-4-10/h6,14H,1-5H2,(H2,11,13). The number of rotatable bonds is 3. The topological polar surface area (TPSA) is 76.2 Å². The van der Waals surface area contributed by atoms with Gasteiger partial charge in [0.05, 0.1) is 11.3 Å². The van der Waals surface area contributed by atoms with Gasteiger partial charge in [-0.25, -0.2) is 4.98 Å². The first-order chi connectivity index (χ1) is 7.09. The minimum Gasteiger partial charge on any atom is -0.389 e. The number of carbonyl (C=O) groups is 1. The van der Waals surface area contributed by atoms with Crippen molar-refractivity contribution in [1.82, 2.24) is 4.98 Å². The molecule has 1 aromatic rings. The molecule has 1 saturated carbocycles. The average molecular weight is 226 g/mol. The second-order valence-corrected chi connectivity index (χ2v) is 4.97. The predicted octanol–water partition coefficient (Wildman–Crippen LogP) is 1.09. The molecule has 3 N–H and O–H groups in total. The van der Waals surface area contributed by atoms with Gasteiger partial charge >= 0.3 is 0 Å². The highest BCUT2D eigenvalue weighted by Gasteiger charge is 2.32. The molecule has 0 atom stereocenters. The second kappa shape index (κ2) is 3.90. The van der Waals surface area contributed by atoms with Gasteiger partial charge in [0, 0.05) is 11.8 Å². The quantitative estimate of drug-likeness (QED) is 0.810. The molecule has 15 heavy (non-hydrogen) atoms. The summed E-state index contributed by atoms with van der Waals surface area (Å²) in [5, 5.41) is 12.3. The molecule has 0 saturated heterocycles. The molecular weight excluding hydrogens is 212 g/mol. The Morgan fingerprint density at radius 3 is 2.80 bits per heavy atom. The van der Waals surface area contributed by atoms with Crippen LogP contribution in [0.25, 0.3) is 0 Å². The van der Waals surface area contributed by atoms with Crippen molar-refractivity contribution in [2.45, 2.75) is 37.7 Å². The van der Waals surface area contributed by atoms with Gasteiger partial charge in [-0.05, 0) is 12.8 Å². The normalized spacial score (nSPS) is 19.3. The Hall–Kier alpha value is -0.940. The number of hydrogen-bond donors (Lipinski definition) is 2. The van der Waals surface area contributed by atoms with Gasteiger partial charge < -0.3 is 10.8 Å². The Kier molecular flexibility index (Phi) is 2.75. The molecule has 1 aliphatic rings. The van der Waals surface area contributed by atoms with Crippen LogP contribution in [0.2, 0.25) is 0 Å². The van der Waals surface area contributed by atoms with Crippen LogP contribution in [0, 0.1) is 0 Å². The molecule has 4 nitrogen and oxygen atoms in total. The minimum atomic E-state index is -0.608. The summed E-state index contributed by atoms with van der Waals surface area (Å²) in [6.45, 7) is 0. The number of primary amides is 1. The Labute approximate surface area is 92.1 Å². The van der Waals surface area contributed by atoms with E-state index in [1.165, 1.54) is 11.3 Å². The Morgan fingerprint density at radius 1 is 1.60 bits per heavy atom. The lowest BCUT2D eigenvalue weighted by molar-refractivity contribution is 0.0473. The lowest BCUT2D eigenvalue weighted by Crippen LogP contribution is -2.27. The zero-order chi connectivity index (χ0) is 10.9. The van der Waals surface area contributed by atoms with E-state index >= 15 is 0 Å². The number of hydrogen-bond acceptors (Lipinski definition) is 4. The molecular formula is C10H14N2O2S. The van der Waals surface area contributed by atoms with Gasteiger partial charge in [-0.1, -0.05) is 12.8 Å². The Morgan fingerprint density at radius 2 is 2.27 bits per heavy atom. The average Bonchev–Trinajstić information content (AvgIpc) is 2.75. The first kappa shape index (κ1) is 10.6. The molecule has 0 spiro atoms. The molecule has 1 fully saturated rings.